The molecule has 1 aliphatic heterocycles. The zero-order valence-corrected chi connectivity index (χ0v) is 16.5. The van der Waals surface area contributed by atoms with Crippen LogP contribution >= 0.6 is 15.9 Å². The van der Waals surface area contributed by atoms with Crippen molar-refractivity contribution in [1.29, 1.82) is 5.26 Å². The number of nitriles is 1. The smallest absolute Gasteiger partial charge is 0.237 e. The van der Waals surface area contributed by atoms with Crippen LogP contribution in [-0.4, -0.2) is 41.4 Å². The van der Waals surface area contributed by atoms with Gasteiger partial charge in [0, 0.05) is 17.6 Å². The van der Waals surface area contributed by atoms with Gasteiger partial charge in [0.2, 0.25) is 5.91 Å². The number of benzene rings is 1. The van der Waals surface area contributed by atoms with Gasteiger partial charge >= 0.3 is 0 Å². The summed E-state index contributed by atoms with van der Waals surface area (Å²) in [7, 11) is 1.82. The average molecular weight is 404 g/mol. The van der Waals surface area contributed by atoms with E-state index in [4.69, 9.17) is 0 Å². The first-order chi connectivity index (χ1) is 12.1. The highest BCUT2D eigenvalue weighted by Gasteiger charge is 2.40. The van der Waals surface area contributed by atoms with Crippen LogP contribution in [0.5, 0.6) is 0 Å². The van der Waals surface area contributed by atoms with Crippen molar-refractivity contribution in [2.45, 2.75) is 56.5 Å². The number of hydrogen-bond donors (Lipinski definition) is 0. The summed E-state index contributed by atoms with van der Waals surface area (Å²) in [6, 6.07) is 11.1. The van der Waals surface area contributed by atoms with Gasteiger partial charge in [0.1, 0.15) is 5.54 Å². The van der Waals surface area contributed by atoms with Gasteiger partial charge in [0.25, 0.3) is 0 Å². The SMILES string of the molecule is CN(C(=O)CN1CCCC1c1cccc(Br)c1)C1(C#N)CCCCC1. The summed E-state index contributed by atoms with van der Waals surface area (Å²) in [4.78, 5) is 16.9. The summed E-state index contributed by atoms with van der Waals surface area (Å²) in [5.74, 6) is 0.0744. The molecule has 0 radical (unpaired) electrons. The maximum Gasteiger partial charge on any atom is 0.237 e. The van der Waals surface area contributed by atoms with Crippen molar-refractivity contribution in [2.75, 3.05) is 20.1 Å². The third-order valence-corrected chi connectivity index (χ3v) is 6.33. The van der Waals surface area contributed by atoms with Crippen molar-refractivity contribution in [1.82, 2.24) is 9.80 Å². The molecule has 0 spiro atoms. The Balaban J connectivity index is 1.70. The molecule has 1 atom stereocenters. The highest BCUT2D eigenvalue weighted by Crippen LogP contribution is 2.35. The minimum Gasteiger partial charge on any atom is -0.326 e. The van der Waals surface area contributed by atoms with E-state index in [-0.39, 0.29) is 5.91 Å². The number of likely N-dealkylation sites (tertiary alicyclic amines) is 1. The van der Waals surface area contributed by atoms with Crippen molar-refractivity contribution in [2.24, 2.45) is 0 Å². The summed E-state index contributed by atoms with van der Waals surface area (Å²) in [6.45, 7) is 1.34. The van der Waals surface area contributed by atoms with Gasteiger partial charge in [-0.05, 0) is 49.9 Å². The van der Waals surface area contributed by atoms with Gasteiger partial charge in [-0.1, -0.05) is 47.3 Å². The predicted molar refractivity (Wildman–Crippen MR) is 102 cm³/mol. The van der Waals surface area contributed by atoms with Gasteiger partial charge in [-0.15, -0.1) is 0 Å². The Morgan fingerprint density at radius 1 is 1.36 bits per heavy atom. The van der Waals surface area contributed by atoms with Crippen molar-refractivity contribution < 1.29 is 4.79 Å². The van der Waals surface area contributed by atoms with Gasteiger partial charge < -0.3 is 4.90 Å². The first-order valence-electron chi connectivity index (χ1n) is 9.23. The second-order valence-corrected chi connectivity index (χ2v) is 8.26. The number of hydrogen-bond acceptors (Lipinski definition) is 3. The molecule has 1 aromatic carbocycles. The lowest BCUT2D eigenvalue weighted by Gasteiger charge is -2.40. The van der Waals surface area contributed by atoms with E-state index in [0.29, 0.717) is 12.6 Å². The van der Waals surface area contributed by atoms with E-state index in [1.807, 2.05) is 13.1 Å². The molecule has 3 rings (SSSR count). The van der Waals surface area contributed by atoms with Gasteiger partial charge in [-0.25, -0.2) is 0 Å². The Kier molecular flexibility index (Phi) is 5.81. The molecule has 0 N–H and O–H groups in total. The second-order valence-electron chi connectivity index (χ2n) is 7.34. The van der Waals surface area contributed by atoms with Crippen molar-refractivity contribution in [3.63, 3.8) is 0 Å². The topological polar surface area (TPSA) is 47.3 Å². The normalized spacial score (nSPS) is 23.2. The monoisotopic (exact) mass is 403 g/mol. The number of carbonyl (C=O) groups excluding carboxylic acids is 1. The van der Waals surface area contributed by atoms with Crippen LogP contribution in [0.4, 0.5) is 0 Å². The molecule has 0 aromatic heterocycles. The van der Waals surface area contributed by atoms with Crippen molar-refractivity contribution in [3.05, 3.63) is 34.3 Å². The van der Waals surface area contributed by atoms with Crippen LogP contribution in [0.15, 0.2) is 28.7 Å². The molecule has 4 nitrogen and oxygen atoms in total. The van der Waals surface area contributed by atoms with Crippen LogP contribution in [0, 0.1) is 11.3 Å². The molecule has 1 aliphatic carbocycles. The van der Waals surface area contributed by atoms with Crippen molar-refractivity contribution in [3.8, 4) is 6.07 Å². The number of rotatable bonds is 4. The highest BCUT2D eigenvalue weighted by atomic mass is 79.9. The second kappa shape index (κ2) is 7.88. The summed E-state index contributed by atoms with van der Waals surface area (Å²) >= 11 is 3.54. The molecule has 0 bridgehead atoms. The number of amides is 1. The summed E-state index contributed by atoms with van der Waals surface area (Å²) < 4.78 is 1.07. The lowest BCUT2D eigenvalue weighted by Crippen LogP contribution is -2.52. The van der Waals surface area contributed by atoms with E-state index in [1.165, 1.54) is 12.0 Å². The molecule has 1 amide bonds. The van der Waals surface area contributed by atoms with E-state index in [2.05, 4.69) is 45.1 Å². The Labute approximate surface area is 158 Å². The molecule has 1 saturated heterocycles. The third-order valence-electron chi connectivity index (χ3n) is 5.84. The zero-order valence-electron chi connectivity index (χ0n) is 14.9. The van der Waals surface area contributed by atoms with Gasteiger partial charge in [0.05, 0.1) is 12.6 Å². The lowest BCUT2D eigenvalue weighted by molar-refractivity contribution is -0.136. The van der Waals surface area contributed by atoms with E-state index >= 15 is 0 Å². The van der Waals surface area contributed by atoms with Crippen LogP contribution in [0.3, 0.4) is 0 Å². The molecular formula is C20H26BrN3O. The molecule has 2 fully saturated rings. The zero-order chi connectivity index (χ0) is 17.9. The van der Waals surface area contributed by atoms with E-state index in [0.717, 1.165) is 49.5 Å². The molecule has 1 aromatic rings. The number of likely N-dealkylation sites (N-methyl/N-ethyl adjacent to an activating group) is 1. The van der Waals surface area contributed by atoms with Crippen LogP contribution in [0.25, 0.3) is 0 Å². The minimum absolute atomic E-state index is 0.0744. The van der Waals surface area contributed by atoms with Crippen LogP contribution < -0.4 is 0 Å². The maximum absolute atomic E-state index is 12.9. The van der Waals surface area contributed by atoms with Crippen LogP contribution in [-0.2, 0) is 4.79 Å². The predicted octanol–water partition coefficient (Wildman–Crippen LogP) is 4.27. The highest BCUT2D eigenvalue weighted by molar-refractivity contribution is 9.10. The Morgan fingerprint density at radius 2 is 2.12 bits per heavy atom. The molecule has 1 heterocycles. The molecule has 134 valence electrons. The molecule has 2 aliphatic rings. The molecule has 5 heteroatoms. The first-order valence-corrected chi connectivity index (χ1v) is 10.0. The largest absolute Gasteiger partial charge is 0.326 e. The fourth-order valence-electron chi connectivity index (χ4n) is 4.28. The quantitative estimate of drug-likeness (QED) is 0.753. The fraction of sp³-hybridized carbons (Fsp3) is 0.600. The Bertz CT molecular complexity index is 663. The van der Waals surface area contributed by atoms with E-state index < -0.39 is 5.54 Å². The number of nitrogens with zero attached hydrogens (tertiary/aromatic N) is 3. The molecule has 25 heavy (non-hydrogen) atoms. The summed E-state index contributed by atoms with van der Waals surface area (Å²) in [6.07, 6.45) is 7.05. The Morgan fingerprint density at radius 3 is 2.80 bits per heavy atom. The molecule has 1 unspecified atom stereocenters. The van der Waals surface area contributed by atoms with E-state index in [1.54, 1.807) is 4.90 Å². The Hall–Kier alpha value is -1.38. The number of halogens is 1. The van der Waals surface area contributed by atoms with Gasteiger partial charge in [-0.2, -0.15) is 5.26 Å². The van der Waals surface area contributed by atoms with Gasteiger partial charge in [0.15, 0.2) is 0 Å². The fourth-order valence-corrected chi connectivity index (χ4v) is 4.70. The molecular weight excluding hydrogens is 378 g/mol. The summed E-state index contributed by atoms with van der Waals surface area (Å²) in [5, 5.41) is 9.72. The van der Waals surface area contributed by atoms with Crippen LogP contribution in [0.1, 0.15) is 56.6 Å². The maximum atomic E-state index is 12.9. The average Bonchev–Trinajstić information content (AvgIpc) is 3.09. The van der Waals surface area contributed by atoms with Gasteiger partial charge in [-0.3, -0.25) is 9.69 Å². The van der Waals surface area contributed by atoms with E-state index in [9.17, 15) is 10.1 Å². The molecule has 1 saturated carbocycles. The first kappa shape index (κ1) is 18.4. The summed E-state index contributed by atoms with van der Waals surface area (Å²) in [5.41, 5.74) is 0.662. The van der Waals surface area contributed by atoms with Crippen molar-refractivity contribution >= 4 is 21.8 Å². The third kappa shape index (κ3) is 3.91. The lowest BCUT2D eigenvalue weighted by atomic mass is 9.81. The van der Waals surface area contributed by atoms with Crippen LogP contribution in [0.2, 0.25) is 0 Å². The standard InChI is InChI=1S/C20H26BrN3O/c1-23(20(15-22)10-3-2-4-11-20)19(25)14-24-12-6-9-18(24)16-7-5-8-17(21)13-16/h5,7-8,13,18H,2-4,6,9-12,14H2,1H3. The number of carbonyl (C=O) groups is 1. The minimum atomic E-state index is -0.597.